The normalized spacial score (nSPS) is 25.6. The predicted molar refractivity (Wildman–Crippen MR) is 66.3 cm³/mol. The van der Waals surface area contributed by atoms with Gasteiger partial charge in [0.1, 0.15) is 6.10 Å². The Morgan fingerprint density at radius 1 is 1.42 bits per heavy atom. The molecule has 2 saturated heterocycles. The molecule has 1 unspecified atom stereocenters. The van der Waals surface area contributed by atoms with E-state index in [-0.39, 0.29) is 17.7 Å². The average Bonchev–Trinajstić information content (AvgIpc) is 2.82. The van der Waals surface area contributed by atoms with Crippen LogP contribution in [0.2, 0.25) is 0 Å². The molecule has 2 fully saturated rings. The molecule has 0 radical (unpaired) electrons. The van der Waals surface area contributed by atoms with Gasteiger partial charge in [-0.3, -0.25) is 0 Å². The highest BCUT2D eigenvalue weighted by molar-refractivity contribution is 5.35. The van der Waals surface area contributed by atoms with Crippen molar-refractivity contribution >= 4 is 5.82 Å². The molecule has 2 aliphatic heterocycles. The number of nitrogens with one attached hydrogen (secondary N) is 1. The van der Waals surface area contributed by atoms with Crippen LogP contribution in [0.5, 0.6) is 0 Å². The molecule has 0 amide bonds. The molecule has 1 spiro atoms. The van der Waals surface area contributed by atoms with Crippen LogP contribution in [-0.4, -0.2) is 43.2 Å². The molecule has 6 heteroatoms. The number of hydrogen-bond acceptors (Lipinski definition) is 5. The molecule has 1 aromatic heterocycles. The molecule has 1 N–H and O–H groups in total. The number of anilines is 1. The van der Waals surface area contributed by atoms with Crippen molar-refractivity contribution in [1.29, 1.82) is 0 Å². The first kappa shape index (κ1) is 12.8. The zero-order chi connectivity index (χ0) is 13.1. The van der Waals surface area contributed by atoms with Crippen molar-refractivity contribution in [3.63, 3.8) is 0 Å². The zero-order valence-corrected chi connectivity index (χ0v) is 10.6. The lowest BCUT2D eigenvalue weighted by molar-refractivity contribution is -0.209. The summed E-state index contributed by atoms with van der Waals surface area (Å²) in [6.45, 7) is 2.32. The van der Waals surface area contributed by atoms with Gasteiger partial charge >= 0.3 is 0 Å². The standard InChI is InChI=1S/C13H17FN2O3/c14-11-2-1-5-15-12(11)16-8-10-9-18-13(19-10)3-6-17-7-4-13/h1-2,5,10H,3-4,6-9H2,(H,15,16). The van der Waals surface area contributed by atoms with Crippen molar-refractivity contribution in [2.45, 2.75) is 24.7 Å². The third-order valence-corrected chi connectivity index (χ3v) is 3.42. The molecule has 1 atom stereocenters. The van der Waals surface area contributed by atoms with Gasteiger partial charge in [0, 0.05) is 25.6 Å². The molecule has 0 saturated carbocycles. The Morgan fingerprint density at radius 3 is 3.05 bits per heavy atom. The molecular weight excluding hydrogens is 251 g/mol. The van der Waals surface area contributed by atoms with E-state index in [9.17, 15) is 4.39 Å². The van der Waals surface area contributed by atoms with Crippen LogP contribution in [0.1, 0.15) is 12.8 Å². The number of pyridine rings is 1. The first-order valence-corrected chi connectivity index (χ1v) is 6.51. The van der Waals surface area contributed by atoms with E-state index in [1.165, 1.54) is 6.07 Å². The highest BCUT2D eigenvalue weighted by Gasteiger charge is 2.42. The number of aromatic nitrogens is 1. The first-order chi connectivity index (χ1) is 9.27. The molecule has 19 heavy (non-hydrogen) atoms. The highest BCUT2D eigenvalue weighted by atomic mass is 19.1. The molecule has 3 heterocycles. The zero-order valence-electron chi connectivity index (χ0n) is 10.6. The van der Waals surface area contributed by atoms with Crippen LogP contribution < -0.4 is 5.32 Å². The van der Waals surface area contributed by atoms with Crippen LogP contribution in [0, 0.1) is 5.82 Å². The quantitative estimate of drug-likeness (QED) is 0.901. The van der Waals surface area contributed by atoms with Gasteiger partial charge in [-0.25, -0.2) is 9.37 Å². The van der Waals surface area contributed by atoms with Crippen LogP contribution in [0.25, 0.3) is 0 Å². The van der Waals surface area contributed by atoms with Crippen molar-refractivity contribution in [3.05, 3.63) is 24.1 Å². The summed E-state index contributed by atoms with van der Waals surface area (Å²) in [5.74, 6) is -0.603. The smallest absolute Gasteiger partial charge is 0.173 e. The van der Waals surface area contributed by atoms with Crippen molar-refractivity contribution in [2.75, 3.05) is 31.7 Å². The lowest BCUT2D eigenvalue weighted by Crippen LogP contribution is -2.38. The van der Waals surface area contributed by atoms with E-state index in [0.29, 0.717) is 26.4 Å². The second-order valence-electron chi connectivity index (χ2n) is 4.79. The fraction of sp³-hybridized carbons (Fsp3) is 0.615. The van der Waals surface area contributed by atoms with Gasteiger partial charge in [0.15, 0.2) is 17.4 Å². The van der Waals surface area contributed by atoms with Crippen LogP contribution >= 0.6 is 0 Å². The van der Waals surface area contributed by atoms with Gasteiger partial charge in [0.25, 0.3) is 0 Å². The van der Waals surface area contributed by atoms with E-state index in [4.69, 9.17) is 14.2 Å². The second kappa shape index (κ2) is 5.40. The largest absolute Gasteiger partial charge is 0.381 e. The first-order valence-electron chi connectivity index (χ1n) is 6.51. The summed E-state index contributed by atoms with van der Waals surface area (Å²) in [4.78, 5) is 3.94. The Hall–Kier alpha value is -1.24. The van der Waals surface area contributed by atoms with E-state index in [1.54, 1.807) is 12.3 Å². The number of hydrogen-bond donors (Lipinski definition) is 1. The molecular formula is C13H17FN2O3. The fourth-order valence-electron chi connectivity index (χ4n) is 2.39. The number of rotatable bonds is 3. The minimum absolute atomic E-state index is 0.0838. The molecule has 1 aromatic rings. The molecule has 3 rings (SSSR count). The van der Waals surface area contributed by atoms with Crippen LogP contribution in [0.4, 0.5) is 10.2 Å². The lowest BCUT2D eigenvalue weighted by atomic mass is 10.1. The molecule has 0 bridgehead atoms. The minimum Gasteiger partial charge on any atom is -0.381 e. The van der Waals surface area contributed by atoms with E-state index in [2.05, 4.69) is 10.3 Å². The van der Waals surface area contributed by atoms with Crippen LogP contribution in [-0.2, 0) is 14.2 Å². The maximum atomic E-state index is 13.4. The summed E-state index contributed by atoms with van der Waals surface area (Å²) in [6.07, 6.45) is 2.97. The van der Waals surface area contributed by atoms with E-state index >= 15 is 0 Å². The third-order valence-electron chi connectivity index (χ3n) is 3.42. The van der Waals surface area contributed by atoms with Gasteiger partial charge in [0.2, 0.25) is 0 Å². The molecule has 104 valence electrons. The van der Waals surface area contributed by atoms with E-state index in [1.807, 2.05) is 0 Å². The molecule has 2 aliphatic rings. The monoisotopic (exact) mass is 268 g/mol. The van der Waals surface area contributed by atoms with Gasteiger partial charge in [-0.05, 0) is 12.1 Å². The van der Waals surface area contributed by atoms with Crippen molar-refractivity contribution in [1.82, 2.24) is 4.98 Å². The summed E-state index contributed by atoms with van der Waals surface area (Å²) < 4.78 is 30.4. The Kier molecular flexibility index (Phi) is 3.63. The SMILES string of the molecule is Fc1cccnc1NCC1COC2(CCOCC2)O1. The van der Waals surface area contributed by atoms with Gasteiger partial charge < -0.3 is 19.5 Å². The predicted octanol–water partition coefficient (Wildman–Crippen LogP) is 1.55. The number of ether oxygens (including phenoxy) is 3. The van der Waals surface area contributed by atoms with Gasteiger partial charge in [0.05, 0.1) is 19.8 Å². The summed E-state index contributed by atoms with van der Waals surface area (Å²) in [5.41, 5.74) is 0. The summed E-state index contributed by atoms with van der Waals surface area (Å²) in [7, 11) is 0. The van der Waals surface area contributed by atoms with Gasteiger partial charge in [-0.2, -0.15) is 0 Å². The molecule has 5 nitrogen and oxygen atoms in total. The highest BCUT2D eigenvalue weighted by Crippen LogP contribution is 2.33. The van der Waals surface area contributed by atoms with Crippen molar-refractivity contribution in [2.24, 2.45) is 0 Å². The minimum atomic E-state index is -0.493. The Bertz CT molecular complexity index is 438. The summed E-state index contributed by atoms with van der Waals surface area (Å²) in [6, 6.07) is 2.94. The van der Waals surface area contributed by atoms with Crippen LogP contribution in [0.15, 0.2) is 18.3 Å². The van der Waals surface area contributed by atoms with Crippen LogP contribution in [0.3, 0.4) is 0 Å². The summed E-state index contributed by atoms with van der Waals surface area (Å²) >= 11 is 0. The topological polar surface area (TPSA) is 52.6 Å². The van der Waals surface area contributed by atoms with Gasteiger partial charge in [-0.15, -0.1) is 0 Å². The third kappa shape index (κ3) is 2.86. The van der Waals surface area contributed by atoms with E-state index < -0.39 is 5.79 Å². The second-order valence-corrected chi connectivity index (χ2v) is 4.79. The number of halogens is 1. The van der Waals surface area contributed by atoms with Crippen molar-refractivity contribution in [3.8, 4) is 0 Å². The fourth-order valence-corrected chi connectivity index (χ4v) is 2.39. The Labute approximate surface area is 111 Å². The molecule has 0 aromatic carbocycles. The van der Waals surface area contributed by atoms with E-state index in [0.717, 1.165) is 12.8 Å². The Balaban J connectivity index is 1.53. The average molecular weight is 268 g/mol. The maximum absolute atomic E-state index is 13.4. The maximum Gasteiger partial charge on any atom is 0.173 e. The summed E-state index contributed by atoms with van der Waals surface area (Å²) in [5, 5.41) is 2.95. The number of nitrogens with zero attached hydrogens (tertiary/aromatic N) is 1. The van der Waals surface area contributed by atoms with Crippen molar-refractivity contribution < 1.29 is 18.6 Å². The Morgan fingerprint density at radius 2 is 2.26 bits per heavy atom. The van der Waals surface area contributed by atoms with Gasteiger partial charge in [-0.1, -0.05) is 0 Å². The molecule has 0 aliphatic carbocycles. The lowest BCUT2D eigenvalue weighted by Gasteiger charge is -2.31.